The van der Waals surface area contributed by atoms with Gasteiger partial charge in [0.2, 0.25) is 11.9 Å². The van der Waals surface area contributed by atoms with Crippen LogP contribution in [0.15, 0.2) is 45.9 Å². The largest absolute Gasteiger partial charge is 0.497 e. The van der Waals surface area contributed by atoms with Crippen molar-refractivity contribution in [2.45, 2.75) is 13.3 Å². The number of benzene rings is 1. The van der Waals surface area contributed by atoms with Gasteiger partial charge in [-0.3, -0.25) is 4.79 Å². The number of ether oxygens (including phenoxy) is 1. The highest BCUT2D eigenvalue weighted by Crippen LogP contribution is 2.24. The van der Waals surface area contributed by atoms with Crippen molar-refractivity contribution in [1.82, 2.24) is 14.9 Å². The van der Waals surface area contributed by atoms with Gasteiger partial charge in [-0.1, -0.05) is 0 Å². The molecular formula is C21H22N4O4. The molecule has 0 aliphatic carbocycles. The van der Waals surface area contributed by atoms with Crippen LogP contribution in [0.3, 0.4) is 0 Å². The number of methoxy groups -OCH3 is 1. The van der Waals surface area contributed by atoms with E-state index in [0.717, 1.165) is 10.9 Å². The normalized spacial score (nSPS) is 14.3. The Morgan fingerprint density at radius 3 is 2.59 bits per heavy atom. The minimum Gasteiger partial charge on any atom is -0.497 e. The molecule has 29 heavy (non-hydrogen) atoms. The highest BCUT2D eigenvalue weighted by Gasteiger charge is 2.24. The van der Waals surface area contributed by atoms with E-state index in [1.54, 1.807) is 36.5 Å². The lowest BCUT2D eigenvalue weighted by atomic mass is 10.0. The van der Waals surface area contributed by atoms with Crippen molar-refractivity contribution in [3.05, 3.63) is 58.2 Å². The summed E-state index contributed by atoms with van der Waals surface area (Å²) in [6.07, 6.45) is 3.44. The number of piperazine rings is 1. The van der Waals surface area contributed by atoms with Crippen LogP contribution in [-0.2, 0) is 11.2 Å². The number of amides is 1. The molecule has 1 amide bonds. The van der Waals surface area contributed by atoms with Gasteiger partial charge < -0.3 is 19.0 Å². The molecule has 0 saturated carbocycles. The van der Waals surface area contributed by atoms with E-state index >= 15 is 0 Å². The molecule has 150 valence electrons. The Hall–Kier alpha value is -3.42. The Balaban J connectivity index is 1.49. The lowest BCUT2D eigenvalue weighted by molar-refractivity contribution is -0.130. The Morgan fingerprint density at radius 1 is 1.17 bits per heavy atom. The number of hydrogen-bond acceptors (Lipinski definition) is 7. The second-order valence-corrected chi connectivity index (χ2v) is 6.95. The average Bonchev–Trinajstić information content (AvgIpc) is 2.76. The van der Waals surface area contributed by atoms with Gasteiger partial charge in [0.1, 0.15) is 11.3 Å². The number of carbonyl (C=O) groups is 1. The maximum absolute atomic E-state index is 12.8. The van der Waals surface area contributed by atoms with Crippen molar-refractivity contribution in [3.8, 4) is 5.75 Å². The molecule has 2 aromatic heterocycles. The van der Waals surface area contributed by atoms with E-state index in [-0.39, 0.29) is 12.3 Å². The standard InChI is InChI=1S/C21H22N4O4/c1-14-16-5-4-15(28-2)12-18(16)29-20(27)17(14)13-19(26)24-8-10-25(11-9-24)21-22-6-3-7-23-21/h3-7,12H,8-11,13H2,1-2H3. The minimum atomic E-state index is -0.479. The van der Waals surface area contributed by atoms with Gasteiger partial charge in [0, 0.05) is 50.0 Å². The summed E-state index contributed by atoms with van der Waals surface area (Å²) in [6.45, 7) is 4.28. The molecule has 0 atom stereocenters. The summed E-state index contributed by atoms with van der Waals surface area (Å²) in [6, 6.07) is 7.11. The van der Waals surface area contributed by atoms with Gasteiger partial charge in [0.15, 0.2) is 0 Å². The van der Waals surface area contributed by atoms with Gasteiger partial charge in [-0.25, -0.2) is 14.8 Å². The fourth-order valence-electron chi connectivity index (χ4n) is 3.58. The third kappa shape index (κ3) is 3.78. The molecule has 0 unspecified atom stereocenters. The van der Waals surface area contributed by atoms with E-state index in [0.29, 0.717) is 49.0 Å². The van der Waals surface area contributed by atoms with E-state index < -0.39 is 5.63 Å². The van der Waals surface area contributed by atoms with Gasteiger partial charge in [-0.05, 0) is 30.7 Å². The number of aryl methyl sites for hydroxylation is 1. The van der Waals surface area contributed by atoms with Gasteiger partial charge in [0.25, 0.3) is 0 Å². The Kier molecular flexibility index (Phi) is 5.16. The van der Waals surface area contributed by atoms with Crippen LogP contribution >= 0.6 is 0 Å². The van der Waals surface area contributed by atoms with E-state index in [2.05, 4.69) is 9.97 Å². The van der Waals surface area contributed by atoms with Crippen molar-refractivity contribution >= 4 is 22.8 Å². The van der Waals surface area contributed by atoms with Crippen molar-refractivity contribution < 1.29 is 13.9 Å². The fraction of sp³-hybridized carbons (Fsp3) is 0.333. The molecule has 0 bridgehead atoms. The number of fused-ring (bicyclic) bond motifs is 1. The summed E-state index contributed by atoms with van der Waals surface area (Å²) in [7, 11) is 1.56. The van der Waals surface area contributed by atoms with E-state index in [1.165, 1.54) is 0 Å². The first-order chi connectivity index (χ1) is 14.1. The van der Waals surface area contributed by atoms with Crippen molar-refractivity contribution in [1.29, 1.82) is 0 Å². The minimum absolute atomic E-state index is 0.0258. The van der Waals surface area contributed by atoms with E-state index in [4.69, 9.17) is 9.15 Å². The molecule has 8 heteroatoms. The molecule has 1 aliphatic heterocycles. The zero-order chi connectivity index (χ0) is 20.4. The smallest absolute Gasteiger partial charge is 0.340 e. The molecular weight excluding hydrogens is 372 g/mol. The summed E-state index contributed by atoms with van der Waals surface area (Å²) in [5.41, 5.74) is 1.15. The highest BCUT2D eigenvalue weighted by molar-refractivity contribution is 5.85. The Morgan fingerprint density at radius 2 is 1.90 bits per heavy atom. The van der Waals surface area contributed by atoms with Crippen LogP contribution in [-0.4, -0.2) is 54.1 Å². The summed E-state index contributed by atoms with van der Waals surface area (Å²) in [5, 5.41) is 0.805. The number of nitrogens with zero attached hydrogens (tertiary/aromatic N) is 4. The molecule has 1 saturated heterocycles. The topological polar surface area (TPSA) is 88.8 Å². The lowest BCUT2D eigenvalue weighted by Gasteiger charge is -2.34. The molecule has 3 aromatic rings. The molecule has 0 radical (unpaired) electrons. The SMILES string of the molecule is COc1ccc2c(C)c(CC(=O)N3CCN(c4ncccn4)CC3)c(=O)oc2c1. The summed E-state index contributed by atoms with van der Waals surface area (Å²) < 4.78 is 10.6. The molecule has 4 rings (SSSR count). The van der Waals surface area contributed by atoms with Crippen LogP contribution in [0.2, 0.25) is 0 Å². The Labute approximate surface area is 167 Å². The zero-order valence-electron chi connectivity index (χ0n) is 16.4. The van der Waals surface area contributed by atoms with Crippen LogP contribution in [0.1, 0.15) is 11.1 Å². The molecule has 3 heterocycles. The first-order valence-electron chi connectivity index (χ1n) is 9.47. The monoisotopic (exact) mass is 394 g/mol. The predicted octanol–water partition coefficient (Wildman–Crippen LogP) is 1.79. The molecule has 0 N–H and O–H groups in total. The predicted molar refractivity (Wildman–Crippen MR) is 108 cm³/mol. The van der Waals surface area contributed by atoms with Gasteiger partial charge in [-0.15, -0.1) is 0 Å². The number of hydrogen-bond donors (Lipinski definition) is 0. The van der Waals surface area contributed by atoms with E-state index in [9.17, 15) is 9.59 Å². The van der Waals surface area contributed by atoms with Crippen LogP contribution in [0.25, 0.3) is 11.0 Å². The van der Waals surface area contributed by atoms with Gasteiger partial charge >= 0.3 is 5.63 Å². The molecule has 1 fully saturated rings. The summed E-state index contributed by atoms with van der Waals surface area (Å²) >= 11 is 0. The van der Waals surface area contributed by atoms with Crippen LogP contribution in [0, 0.1) is 6.92 Å². The third-order valence-electron chi connectivity index (χ3n) is 5.29. The zero-order valence-corrected chi connectivity index (χ0v) is 16.4. The van der Waals surface area contributed by atoms with Crippen molar-refractivity contribution in [2.24, 2.45) is 0 Å². The van der Waals surface area contributed by atoms with Gasteiger partial charge in [0.05, 0.1) is 19.1 Å². The summed E-state index contributed by atoms with van der Waals surface area (Å²) in [5.74, 6) is 1.20. The highest BCUT2D eigenvalue weighted by atomic mass is 16.5. The molecule has 8 nitrogen and oxygen atoms in total. The number of anilines is 1. The maximum Gasteiger partial charge on any atom is 0.340 e. The average molecular weight is 394 g/mol. The van der Waals surface area contributed by atoms with Crippen LogP contribution < -0.4 is 15.3 Å². The first kappa shape index (κ1) is 18.9. The van der Waals surface area contributed by atoms with E-state index in [1.807, 2.05) is 24.0 Å². The fourth-order valence-corrected chi connectivity index (χ4v) is 3.58. The third-order valence-corrected chi connectivity index (χ3v) is 5.29. The number of aromatic nitrogens is 2. The molecule has 0 spiro atoms. The van der Waals surface area contributed by atoms with Crippen molar-refractivity contribution in [3.63, 3.8) is 0 Å². The Bertz CT molecular complexity index is 1090. The molecule has 1 aliphatic rings. The van der Waals surface area contributed by atoms with Crippen molar-refractivity contribution in [2.75, 3.05) is 38.2 Å². The maximum atomic E-state index is 12.8. The van der Waals surface area contributed by atoms with Crippen LogP contribution in [0.4, 0.5) is 5.95 Å². The lowest BCUT2D eigenvalue weighted by Crippen LogP contribution is -2.49. The second kappa shape index (κ2) is 7.90. The van der Waals surface area contributed by atoms with Gasteiger partial charge in [-0.2, -0.15) is 0 Å². The first-order valence-corrected chi connectivity index (χ1v) is 9.47. The quantitative estimate of drug-likeness (QED) is 0.623. The molecule has 1 aromatic carbocycles. The number of carbonyl (C=O) groups excluding carboxylic acids is 1. The van der Waals surface area contributed by atoms with Crippen LogP contribution in [0.5, 0.6) is 5.75 Å². The second-order valence-electron chi connectivity index (χ2n) is 6.95. The summed E-state index contributed by atoms with van der Waals surface area (Å²) in [4.78, 5) is 37.7. The number of rotatable bonds is 4.